The van der Waals surface area contributed by atoms with Gasteiger partial charge in [-0.3, -0.25) is 0 Å². The molecule has 0 aliphatic heterocycles. The van der Waals surface area contributed by atoms with Gasteiger partial charge in [-0.15, -0.1) is 8.15 Å². The van der Waals surface area contributed by atoms with Gasteiger partial charge in [-0.25, -0.2) is 0 Å². The fourth-order valence-electron chi connectivity index (χ4n) is 0. The molecule has 1 nitrogen and oxygen atoms in total. The van der Waals surface area contributed by atoms with E-state index in [0.717, 1.165) is 0 Å². The molecule has 0 amide bonds. The zero-order chi connectivity index (χ0) is 3.41. The van der Waals surface area contributed by atoms with Crippen LogP contribution in [0, 0.1) is 0 Å². The predicted octanol–water partition coefficient (Wildman–Crippen LogP) is 0.249. The van der Waals surface area contributed by atoms with Crippen LogP contribution in [0.2, 0.25) is 0 Å². The quantitative estimate of drug-likeness (QED) is 0.363. The standard InChI is InChI=1S/BH3OP2/c1-3-4-2/h2-4H. The third-order valence-electron chi connectivity index (χ3n) is 0.0645. The Hall–Kier alpha value is 0.885. The molecule has 0 aromatic heterocycles. The molecule has 0 spiro atoms. The van der Waals surface area contributed by atoms with Crippen LogP contribution in [0.5, 0.6) is 0 Å². The van der Waals surface area contributed by atoms with Crippen LogP contribution in [-0.2, 0) is 0 Å². The summed E-state index contributed by atoms with van der Waals surface area (Å²) in [5.74, 6) is 0. The number of hydrogen-bond donors (Lipinski definition) is 1. The van der Waals surface area contributed by atoms with Crippen molar-refractivity contribution in [3.05, 3.63) is 0 Å². The van der Waals surface area contributed by atoms with E-state index in [-0.39, 0.29) is 16.6 Å². The Labute approximate surface area is 30.1 Å². The van der Waals surface area contributed by atoms with E-state index in [1.807, 2.05) is 0 Å². The minimum absolute atomic E-state index is 0.0540. The van der Waals surface area contributed by atoms with E-state index in [1.54, 1.807) is 0 Å². The van der Waals surface area contributed by atoms with Gasteiger partial charge >= 0.3 is 0 Å². The first-order valence-corrected chi connectivity index (χ1v) is 3.79. The van der Waals surface area contributed by atoms with Crippen molar-refractivity contribution < 1.29 is 4.89 Å². The van der Waals surface area contributed by atoms with Crippen LogP contribution in [0.25, 0.3) is 0 Å². The summed E-state index contributed by atoms with van der Waals surface area (Å²) in [4.78, 5) is 7.79. The normalized spacial score (nSPS) is 13.2. The molecular formula is H3BOP2. The Bertz CT molecular complexity index is 8.00. The van der Waals surface area contributed by atoms with Gasteiger partial charge in [0.25, 0.3) is 0 Å². The highest BCUT2D eigenvalue weighted by molar-refractivity contribution is 8.20. The zero-order valence-electron chi connectivity index (χ0n) is 2.02. The van der Waals surface area contributed by atoms with Crippen LogP contribution in [0.3, 0.4) is 0 Å². The van der Waals surface area contributed by atoms with E-state index >= 15 is 0 Å². The summed E-state index contributed by atoms with van der Waals surface area (Å²) < 4.78 is 0. The van der Waals surface area contributed by atoms with Gasteiger partial charge in [-0.2, -0.15) is 0 Å². The van der Waals surface area contributed by atoms with Gasteiger partial charge in [-0.05, 0) is 0 Å². The van der Waals surface area contributed by atoms with E-state index in [2.05, 4.69) is 0 Å². The van der Waals surface area contributed by atoms with E-state index in [9.17, 15) is 0 Å². The summed E-state index contributed by atoms with van der Waals surface area (Å²) >= 11 is 0. The Balaban J connectivity index is 1.97. The minimum atomic E-state index is -0.0540. The van der Waals surface area contributed by atoms with Crippen LogP contribution < -0.4 is 0 Å². The van der Waals surface area contributed by atoms with Crippen molar-refractivity contribution in [1.82, 2.24) is 0 Å². The van der Waals surface area contributed by atoms with Gasteiger partial charge in [0.15, 0.2) is 0 Å². The highest BCUT2D eigenvalue weighted by Crippen LogP contribution is 2.25. The largest absolute Gasteiger partial charge is 0.374 e. The van der Waals surface area contributed by atoms with Crippen LogP contribution in [0.15, 0.2) is 0 Å². The lowest BCUT2D eigenvalue weighted by molar-refractivity contribution is 0.660. The van der Waals surface area contributed by atoms with Crippen molar-refractivity contribution in [2.24, 2.45) is 0 Å². The Kier molecular flexibility index (Phi) is 4.74. The Morgan fingerprint density at radius 3 is 2.00 bits per heavy atom. The van der Waals surface area contributed by atoms with E-state index < -0.39 is 0 Å². The van der Waals surface area contributed by atoms with Crippen molar-refractivity contribution in [2.45, 2.75) is 0 Å². The van der Waals surface area contributed by atoms with Crippen molar-refractivity contribution >= 4 is 24.2 Å². The third kappa shape index (κ3) is 2.88. The van der Waals surface area contributed by atoms with E-state index in [4.69, 9.17) is 12.5 Å². The molecule has 2 atom stereocenters. The minimum Gasteiger partial charge on any atom is -0.374 e. The maximum Gasteiger partial charge on any atom is 0.113 e. The van der Waals surface area contributed by atoms with Crippen LogP contribution >= 0.6 is 16.6 Å². The number of hydrogen-bond acceptors (Lipinski definition) is 1. The molecule has 0 aromatic rings. The Morgan fingerprint density at radius 2 is 2.00 bits per heavy atom. The summed E-state index contributed by atoms with van der Waals surface area (Å²) in [6.07, 6.45) is 0. The lowest BCUT2D eigenvalue weighted by atomic mass is 10.8. The maximum atomic E-state index is 7.79. The van der Waals surface area contributed by atoms with Gasteiger partial charge in [0, 0.05) is 8.50 Å². The van der Waals surface area contributed by atoms with Gasteiger partial charge in [0.05, 0.1) is 0 Å². The zero-order valence-corrected chi connectivity index (χ0v) is 4.02. The fourth-order valence-corrected chi connectivity index (χ4v) is 0. The van der Waals surface area contributed by atoms with Crippen molar-refractivity contribution in [2.75, 3.05) is 0 Å². The second kappa shape index (κ2) is 3.88. The lowest BCUT2D eigenvalue weighted by Gasteiger charge is -1.70. The SMILES string of the molecule is [B]PPO. The van der Waals surface area contributed by atoms with Gasteiger partial charge < -0.3 is 4.89 Å². The van der Waals surface area contributed by atoms with Crippen LogP contribution in [0.4, 0.5) is 0 Å². The van der Waals surface area contributed by atoms with E-state index in [1.165, 1.54) is 0 Å². The molecule has 0 aromatic carbocycles. The van der Waals surface area contributed by atoms with Crippen LogP contribution in [0.1, 0.15) is 0 Å². The molecule has 0 aliphatic rings. The van der Waals surface area contributed by atoms with Gasteiger partial charge in [0.2, 0.25) is 0 Å². The average Bonchev–Trinajstić information content (AvgIpc) is 1.37. The fraction of sp³-hybridized carbons (Fsp3) is 0. The summed E-state index contributed by atoms with van der Waals surface area (Å²) in [7, 11) is 4.99. The highest BCUT2D eigenvalue weighted by Gasteiger charge is 1.56. The topological polar surface area (TPSA) is 20.2 Å². The molecule has 0 bridgehead atoms. The molecule has 0 saturated carbocycles. The summed E-state index contributed by atoms with van der Waals surface area (Å²) in [5, 5.41) is 0. The van der Waals surface area contributed by atoms with Crippen molar-refractivity contribution in [3.8, 4) is 0 Å². The molecule has 22 valence electrons. The first-order chi connectivity index (χ1) is 1.91. The second-order valence-electron chi connectivity index (χ2n) is 0.256. The molecule has 0 aliphatic carbocycles. The summed E-state index contributed by atoms with van der Waals surface area (Å²) in [6, 6.07) is 0. The Morgan fingerprint density at radius 1 is 1.75 bits per heavy atom. The van der Waals surface area contributed by atoms with E-state index in [0.29, 0.717) is 0 Å². The molecule has 4 heteroatoms. The number of rotatable bonds is 1. The predicted molar refractivity (Wildman–Crippen MR) is 24.6 cm³/mol. The molecule has 0 saturated heterocycles. The molecule has 2 radical (unpaired) electrons. The average molecular weight is 91.8 g/mol. The molecule has 2 unspecified atom stereocenters. The van der Waals surface area contributed by atoms with Crippen LogP contribution in [-0.4, -0.2) is 12.5 Å². The molecule has 0 fully saturated rings. The van der Waals surface area contributed by atoms with Crippen molar-refractivity contribution in [3.63, 3.8) is 0 Å². The molecule has 0 rings (SSSR count). The lowest BCUT2D eigenvalue weighted by Crippen LogP contribution is -1.24. The molecular weight excluding hydrogens is 88.8 g/mol. The second-order valence-corrected chi connectivity index (χ2v) is 2.31. The molecule has 1 N–H and O–H groups in total. The smallest absolute Gasteiger partial charge is 0.113 e. The molecule has 0 heterocycles. The van der Waals surface area contributed by atoms with Crippen molar-refractivity contribution in [1.29, 1.82) is 0 Å². The highest BCUT2D eigenvalue weighted by atomic mass is 32.0. The van der Waals surface area contributed by atoms with Gasteiger partial charge in [-0.1, -0.05) is 0 Å². The first-order valence-electron chi connectivity index (χ1n) is 0.762. The molecule has 4 heavy (non-hydrogen) atoms. The van der Waals surface area contributed by atoms with Gasteiger partial charge in [0.1, 0.15) is 7.57 Å². The summed E-state index contributed by atoms with van der Waals surface area (Å²) in [6.45, 7) is 0. The monoisotopic (exact) mass is 92.0 g/mol. The maximum absolute atomic E-state index is 7.79. The first kappa shape index (κ1) is 4.88. The third-order valence-corrected chi connectivity index (χ3v) is 0.581. The summed E-state index contributed by atoms with van der Waals surface area (Å²) in [5.41, 5.74) is 0.